The van der Waals surface area contributed by atoms with Crippen LogP contribution in [0.25, 0.3) is 0 Å². The smallest absolute Gasteiger partial charge is 0.301 e. The van der Waals surface area contributed by atoms with Crippen molar-refractivity contribution in [3.05, 3.63) is 52.5 Å². The molecule has 3 heterocycles. The van der Waals surface area contributed by atoms with Gasteiger partial charge in [0.1, 0.15) is 11.6 Å². The number of hydrogen-bond acceptors (Lipinski definition) is 6. The number of hydrogen-bond donors (Lipinski definition) is 2. The van der Waals surface area contributed by atoms with Gasteiger partial charge < -0.3 is 10.5 Å². The van der Waals surface area contributed by atoms with Crippen LogP contribution < -0.4 is 19.5 Å². The molecule has 2 aromatic rings. The molecule has 1 aromatic heterocycles. The van der Waals surface area contributed by atoms with Crippen LogP contribution in [-0.4, -0.2) is 31.3 Å². The van der Waals surface area contributed by atoms with E-state index < -0.39 is 16.1 Å². The Labute approximate surface area is 174 Å². The number of anilines is 1. The monoisotopic (exact) mass is 426 g/mol. The Bertz CT molecular complexity index is 1190. The summed E-state index contributed by atoms with van der Waals surface area (Å²) in [6.45, 7) is 2.78. The van der Waals surface area contributed by atoms with Gasteiger partial charge >= 0.3 is 10.2 Å². The van der Waals surface area contributed by atoms with Crippen LogP contribution in [0.5, 0.6) is 5.88 Å². The normalized spacial score (nSPS) is 22.9. The van der Waals surface area contributed by atoms with Crippen molar-refractivity contribution in [1.82, 2.24) is 14.5 Å². The molecule has 9 nitrogen and oxygen atoms in total. The molecule has 1 atom stereocenters. The van der Waals surface area contributed by atoms with Crippen molar-refractivity contribution < 1.29 is 13.2 Å². The Morgan fingerprint density at radius 2 is 2.03 bits per heavy atom. The summed E-state index contributed by atoms with van der Waals surface area (Å²) in [5.41, 5.74) is 9.50. The molecule has 1 aromatic carbocycles. The maximum absolute atomic E-state index is 12.3. The van der Waals surface area contributed by atoms with Gasteiger partial charge in [-0.2, -0.15) is 23.5 Å². The molecule has 1 saturated carbocycles. The first-order valence-corrected chi connectivity index (χ1v) is 11.4. The van der Waals surface area contributed by atoms with Crippen molar-refractivity contribution in [2.45, 2.75) is 38.1 Å². The number of ether oxygens (including phenoxy) is 1. The molecule has 2 aliphatic heterocycles. The third kappa shape index (κ3) is 2.93. The van der Waals surface area contributed by atoms with E-state index >= 15 is 0 Å². The van der Waals surface area contributed by atoms with Crippen LogP contribution in [0.1, 0.15) is 48.0 Å². The van der Waals surface area contributed by atoms with Crippen molar-refractivity contribution in [3.8, 4) is 11.9 Å². The van der Waals surface area contributed by atoms with Crippen LogP contribution in [-0.2, 0) is 10.2 Å². The SMILES string of the molecule is Cc1nn(C2CC2)c2c1C(c1ccc(N3CCCNS3(=O)=O)cc1)C(C#N)=C(N)O2. The summed E-state index contributed by atoms with van der Waals surface area (Å²) >= 11 is 0. The third-order valence-electron chi connectivity index (χ3n) is 5.78. The Morgan fingerprint density at radius 3 is 2.67 bits per heavy atom. The van der Waals surface area contributed by atoms with Gasteiger partial charge in [0.05, 0.1) is 28.9 Å². The Hall–Kier alpha value is -3.03. The van der Waals surface area contributed by atoms with E-state index in [0.29, 0.717) is 36.3 Å². The first-order valence-electron chi connectivity index (χ1n) is 9.94. The zero-order chi connectivity index (χ0) is 21.0. The first kappa shape index (κ1) is 19.0. The molecule has 1 saturated heterocycles. The van der Waals surface area contributed by atoms with Gasteiger partial charge in [-0.3, -0.25) is 4.31 Å². The number of allylic oxidation sites excluding steroid dienone is 1. The van der Waals surface area contributed by atoms with Gasteiger partial charge in [0.15, 0.2) is 0 Å². The first-order chi connectivity index (χ1) is 14.4. The second-order valence-corrected chi connectivity index (χ2v) is 9.50. The maximum atomic E-state index is 12.3. The average molecular weight is 427 g/mol. The highest BCUT2D eigenvalue weighted by Crippen LogP contribution is 2.48. The van der Waals surface area contributed by atoms with Crippen LogP contribution in [0.15, 0.2) is 35.7 Å². The summed E-state index contributed by atoms with van der Waals surface area (Å²) in [6, 6.07) is 9.72. The molecule has 0 radical (unpaired) electrons. The summed E-state index contributed by atoms with van der Waals surface area (Å²) in [6.07, 6.45) is 2.83. The molecule has 0 bridgehead atoms. The number of benzene rings is 1. The van der Waals surface area contributed by atoms with E-state index in [9.17, 15) is 13.7 Å². The summed E-state index contributed by atoms with van der Waals surface area (Å²) in [7, 11) is -3.52. The van der Waals surface area contributed by atoms with Gasteiger partial charge in [-0.15, -0.1) is 0 Å². The van der Waals surface area contributed by atoms with E-state index in [4.69, 9.17) is 10.5 Å². The minimum Gasteiger partial charge on any atom is -0.422 e. The summed E-state index contributed by atoms with van der Waals surface area (Å²) in [5.74, 6) is 0.281. The highest BCUT2D eigenvalue weighted by molar-refractivity contribution is 7.90. The van der Waals surface area contributed by atoms with Gasteiger partial charge in [0, 0.05) is 13.1 Å². The highest BCUT2D eigenvalue weighted by atomic mass is 32.2. The molecule has 5 rings (SSSR count). The molecule has 2 fully saturated rings. The fraction of sp³-hybridized carbons (Fsp3) is 0.400. The zero-order valence-electron chi connectivity index (χ0n) is 16.5. The number of nitriles is 1. The fourth-order valence-corrected chi connectivity index (χ4v) is 5.49. The van der Waals surface area contributed by atoms with Crippen LogP contribution in [0.2, 0.25) is 0 Å². The molecule has 1 unspecified atom stereocenters. The number of fused-ring (bicyclic) bond motifs is 1. The number of aromatic nitrogens is 2. The molecule has 156 valence electrons. The number of aryl methyl sites for hydroxylation is 1. The molecular weight excluding hydrogens is 404 g/mol. The van der Waals surface area contributed by atoms with Gasteiger partial charge in [0.25, 0.3) is 0 Å². The zero-order valence-corrected chi connectivity index (χ0v) is 17.3. The Kier molecular flexibility index (Phi) is 4.27. The fourth-order valence-electron chi connectivity index (χ4n) is 4.16. The lowest BCUT2D eigenvalue weighted by Gasteiger charge is -2.29. The summed E-state index contributed by atoms with van der Waals surface area (Å²) < 4.78 is 36.2. The lowest BCUT2D eigenvalue weighted by Crippen LogP contribution is -2.47. The second-order valence-electron chi connectivity index (χ2n) is 7.82. The minimum atomic E-state index is -3.52. The predicted octanol–water partition coefficient (Wildman–Crippen LogP) is 1.79. The van der Waals surface area contributed by atoms with E-state index in [1.165, 1.54) is 4.31 Å². The van der Waals surface area contributed by atoms with Crippen molar-refractivity contribution in [2.75, 3.05) is 17.4 Å². The number of nitrogens with two attached hydrogens (primary N) is 1. The molecule has 0 amide bonds. The molecule has 3 aliphatic rings. The van der Waals surface area contributed by atoms with Crippen LogP contribution in [0, 0.1) is 18.3 Å². The molecule has 1 aliphatic carbocycles. The van der Waals surface area contributed by atoms with Crippen molar-refractivity contribution >= 4 is 15.9 Å². The van der Waals surface area contributed by atoms with Crippen molar-refractivity contribution in [1.29, 1.82) is 5.26 Å². The topological polar surface area (TPSA) is 126 Å². The predicted molar refractivity (Wildman–Crippen MR) is 110 cm³/mol. The van der Waals surface area contributed by atoms with Gasteiger partial charge in [-0.1, -0.05) is 12.1 Å². The van der Waals surface area contributed by atoms with Crippen LogP contribution >= 0.6 is 0 Å². The quantitative estimate of drug-likeness (QED) is 0.770. The second kappa shape index (κ2) is 6.75. The molecule has 10 heteroatoms. The average Bonchev–Trinajstić information content (AvgIpc) is 3.51. The number of rotatable bonds is 3. The number of nitrogens with one attached hydrogen (secondary N) is 1. The van der Waals surface area contributed by atoms with Gasteiger partial charge in [0.2, 0.25) is 11.8 Å². The minimum absolute atomic E-state index is 0.0867. The van der Waals surface area contributed by atoms with E-state index in [-0.39, 0.29) is 5.88 Å². The lowest BCUT2D eigenvalue weighted by atomic mass is 9.84. The third-order valence-corrected chi connectivity index (χ3v) is 7.32. The molecule has 3 N–H and O–H groups in total. The standard InChI is InChI=1S/C20H22N6O3S/c1-12-17-18(16(11-21)19(22)29-20(17)26(24-12)15-7-8-15)13-3-5-14(6-4-13)25-10-2-9-23-30(25,27)28/h3-6,15,18,23H,2,7-10,22H2,1H3. The molecule has 0 spiro atoms. The van der Waals surface area contributed by atoms with Crippen LogP contribution in [0.4, 0.5) is 5.69 Å². The van der Waals surface area contributed by atoms with Gasteiger partial charge in [-0.25, -0.2) is 4.68 Å². The van der Waals surface area contributed by atoms with Crippen LogP contribution in [0.3, 0.4) is 0 Å². The largest absolute Gasteiger partial charge is 0.422 e. The maximum Gasteiger partial charge on any atom is 0.301 e. The Morgan fingerprint density at radius 1 is 1.30 bits per heavy atom. The molecular formula is C20H22N6O3S. The van der Waals surface area contributed by atoms with Gasteiger partial charge in [-0.05, 0) is 43.9 Å². The highest BCUT2D eigenvalue weighted by Gasteiger charge is 2.39. The van der Waals surface area contributed by atoms with E-state index in [1.54, 1.807) is 12.1 Å². The summed E-state index contributed by atoms with van der Waals surface area (Å²) in [5, 5.41) is 14.4. The molecule has 30 heavy (non-hydrogen) atoms. The van der Waals surface area contributed by atoms with Crippen molar-refractivity contribution in [2.24, 2.45) is 5.73 Å². The van der Waals surface area contributed by atoms with E-state index in [2.05, 4.69) is 15.9 Å². The van der Waals surface area contributed by atoms with E-state index in [0.717, 1.165) is 36.1 Å². The Balaban J connectivity index is 1.57. The lowest BCUT2D eigenvalue weighted by molar-refractivity contribution is 0.347. The summed E-state index contributed by atoms with van der Waals surface area (Å²) in [4.78, 5) is 0. The van der Waals surface area contributed by atoms with Crippen molar-refractivity contribution in [3.63, 3.8) is 0 Å². The van der Waals surface area contributed by atoms with E-state index in [1.807, 2.05) is 23.7 Å². The number of nitrogens with zero attached hydrogens (tertiary/aromatic N) is 4.